The van der Waals surface area contributed by atoms with Crippen LogP contribution in [0.15, 0.2) is 41.0 Å². The van der Waals surface area contributed by atoms with Gasteiger partial charge in [0.25, 0.3) is 0 Å². The van der Waals surface area contributed by atoms with Gasteiger partial charge in [-0.15, -0.1) is 0 Å². The Balaban J connectivity index is 3.66. The van der Waals surface area contributed by atoms with E-state index in [0.29, 0.717) is 0 Å². The van der Waals surface area contributed by atoms with Crippen LogP contribution in [-0.2, 0) is 4.74 Å². The number of esters is 1. The van der Waals surface area contributed by atoms with Gasteiger partial charge in [0.15, 0.2) is 5.78 Å². The van der Waals surface area contributed by atoms with Crippen LogP contribution in [0.3, 0.4) is 0 Å². The Morgan fingerprint density at radius 3 is 2.12 bits per heavy atom. The Hall–Kier alpha value is -3.98. The zero-order valence-corrected chi connectivity index (χ0v) is 12.5. The van der Waals surface area contributed by atoms with Crippen LogP contribution in [0, 0.1) is 34.0 Å². The molecule has 116 valence electrons. The molecule has 0 unspecified atom stereocenters. The fourth-order valence-corrected chi connectivity index (χ4v) is 1.83. The number of carbonyl (C=O) groups is 2. The zero-order chi connectivity index (χ0) is 18.1. The van der Waals surface area contributed by atoms with Gasteiger partial charge in [-0.25, -0.2) is 10.7 Å². The predicted octanol–water partition coefficient (Wildman–Crippen LogP) is 2.08. The number of allylic oxidation sites excluding steroid dienone is 3. The van der Waals surface area contributed by atoms with Crippen molar-refractivity contribution < 1.29 is 14.3 Å². The number of hydrogen-bond acceptors (Lipinski definition) is 6. The van der Waals surface area contributed by atoms with Crippen molar-refractivity contribution in [1.29, 1.82) is 15.8 Å². The summed E-state index contributed by atoms with van der Waals surface area (Å²) < 4.78 is 4.85. The molecule has 0 atom stereocenters. The maximum Gasteiger partial charge on any atom is 0.338 e. The lowest BCUT2D eigenvalue weighted by molar-refractivity contribution is 0.0523. The van der Waals surface area contributed by atoms with Crippen LogP contribution >= 0.6 is 0 Å². The summed E-state index contributed by atoms with van der Waals surface area (Å²) in [4.78, 5) is 24.7. The molecule has 0 aromatic heterocycles. The molecular weight excluding hydrogens is 308 g/mol. The number of ketones is 1. The molecule has 0 N–H and O–H groups in total. The standard InChI is InChI=1S/C17H9N4O3/c1-2-24-17(23)14-6-4-3-5-13(14)16(22)15(11(7-18)8-19)12(9-20)10-21/h3-6H,2H2,1H3/q-1. The van der Waals surface area contributed by atoms with E-state index in [4.69, 9.17) is 25.9 Å². The molecule has 0 saturated heterocycles. The van der Waals surface area contributed by atoms with Gasteiger partial charge >= 0.3 is 5.97 Å². The summed E-state index contributed by atoms with van der Waals surface area (Å²) in [6, 6.07) is 10.0. The first-order chi connectivity index (χ1) is 11.5. The number of carbonyl (C=O) groups excluding carboxylic acids is 2. The molecular formula is C17H9N4O3-. The second kappa shape index (κ2) is 8.46. The molecule has 0 aliphatic heterocycles. The van der Waals surface area contributed by atoms with Crippen molar-refractivity contribution in [2.24, 2.45) is 0 Å². The number of ether oxygens (including phenoxy) is 1. The smallest absolute Gasteiger partial charge is 0.338 e. The van der Waals surface area contributed by atoms with E-state index < -0.39 is 28.5 Å². The van der Waals surface area contributed by atoms with Crippen molar-refractivity contribution >= 4 is 17.6 Å². The molecule has 0 aliphatic carbocycles. The molecule has 0 bridgehead atoms. The highest BCUT2D eigenvalue weighted by molar-refractivity contribution is 6.19. The number of Topliss-reactive ketones (excluding diaryl/α,β-unsaturated/α-hetero) is 1. The van der Waals surface area contributed by atoms with E-state index in [9.17, 15) is 9.59 Å². The van der Waals surface area contributed by atoms with Crippen molar-refractivity contribution in [3.05, 3.63) is 57.5 Å². The summed E-state index contributed by atoms with van der Waals surface area (Å²) in [6.07, 6.45) is 0. The highest BCUT2D eigenvalue weighted by Crippen LogP contribution is 2.21. The van der Waals surface area contributed by atoms with Crippen molar-refractivity contribution in [3.8, 4) is 18.2 Å². The Morgan fingerprint density at radius 2 is 1.67 bits per heavy atom. The van der Waals surface area contributed by atoms with Crippen LogP contribution in [0.1, 0.15) is 27.6 Å². The van der Waals surface area contributed by atoms with E-state index in [2.05, 4.69) is 0 Å². The van der Waals surface area contributed by atoms with Gasteiger partial charge in [-0.2, -0.15) is 15.8 Å². The maximum atomic E-state index is 12.7. The highest BCUT2D eigenvalue weighted by atomic mass is 16.5. The number of hydrogen-bond donors (Lipinski definition) is 0. The topological polar surface area (TPSA) is 137 Å². The first kappa shape index (κ1) is 18.1. The number of nitriles is 3. The van der Waals surface area contributed by atoms with E-state index in [0.717, 1.165) is 0 Å². The van der Waals surface area contributed by atoms with E-state index in [1.807, 2.05) is 0 Å². The third kappa shape index (κ3) is 3.61. The monoisotopic (exact) mass is 317 g/mol. The zero-order valence-electron chi connectivity index (χ0n) is 12.5. The summed E-state index contributed by atoms with van der Waals surface area (Å²) in [5.41, 5.74) is -2.26. The van der Waals surface area contributed by atoms with E-state index in [-0.39, 0.29) is 17.7 Å². The molecule has 0 aliphatic rings. The molecule has 7 heteroatoms. The summed E-state index contributed by atoms with van der Waals surface area (Å²) >= 11 is 0. The fraction of sp³-hybridized carbons (Fsp3) is 0.118. The van der Waals surface area contributed by atoms with Crippen molar-refractivity contribution in [3.63, 3.8) is 0 Å². The number of nitrogens with zero attached hydrogens (tertiary/aromatic N) is 4. The molecule has 0 amide bonds. The average Bonchev–Trinajstić information content (AvgIpc) is 2.61. The van der Waals surface area contributed by atoms with Crippen molar-refractivity contribution in [2.75, 3.05) is 6.61 Å². The lowest BCUT2D eigenvalue weighted by Crippen LogP contribution is -2.15. The Kier molecular flexibility index (Phi) is 6.37. The molecule has 1 aromatic carbocycles. The molecule has 0 saturated carbocycles. The molecule has 24 heavy (non-hydrogen) atoms. The van der Waals surface area contributed by atoms with Crippen LogP contribution in [0.4, 0.5) is 0 Å². The Bertz CT molecular complexity index is 885. The minimum absolute atomic E-state index is 0.0828. The van der Waals surface area contributed by atoms with Gasteiger partial charge in [0, 0.05) is 5.56 Å². The van der Waals surface area contributed by atoms with E-state index in [1.165, 1.54) is 48.3 Å². The number of benzene rings is 1. The highest BCUT2D eigenvalue weighted by Gasteiger charge is 2.25. The van der Waals surface area contributed by atoms with Gasteiger partial charge in [0.05, 0.1) is 23.3 Å². The summed E-state index contributed by atoms with van der Waals surface area (Å²) in [6.45, 7) is 1.67. The third-order valence-electron chi connectivity index (χ3n) is 2.84. The van der Waals surface area contributed by atoms with Crippen molar-refractivity contribution in [1.82, 2.24) is 0 Å². The largest absolute Gasteiger partial charge is 0.762 e. The van der Waals surface area contributed by atoms with Gasteiger partial charge in [-0.05, 0) is 13.0 Å². The summed E-state index contributed by atoms with van der Waals surface area (Å²) in [7, 11) is 0. The molecule has 0 fully saturated rings. The predicted molar refractivity (Wildman–Crippen MR) is 82.5 cm³/mol. The molecule has 7 nitrogen and oxygen atoms in total. The van der Waals surface area contributed by atoms with Gasteiger partial charge in [0.1, 0.15) is 23.8 Å². The lowest BCUT2D eigenvalue weighted by Gasteiger charge is -2.10. The summed E-state index contributed by atoms with van der Waals surface area (Å²) in [5, 5.41) is 36.0. The normalized spacial score (nSPS) is 8.58. The average molecular weight is 317 g/mol. The molecule has 0 radical (unpaired) electrons. The van der Waals surface area contributed by atoms with Gasteiger partial charge in [-0.3, -0.25) is 4.79 Å². The first-order valence-electron chi connectivity index (χ1n) is 6.58. The van der Waals surface area contributed by atoms with E-state index >= 15 is 0 Å². The second-order valence-electron chi connectivity index (χ2n) is 4.17. The van der Waals surface area contributed by atoms with Crippen LogP contribution in [0.5, 0.6) is 0 Å². The maximum absolute atomic E-state index is 12.7. The SMILES string of the molecule is CCOC(=O)c1ccccc1C(=O)C(C(=C=[N-])C#N)=C(C#N)C#N. The molecule has 0 spiro atoms. The van der Waals surface area contributed by atoms with E-state index in [1.54, 1.807) is 6.92 Å². The lowest BCUT2D eigenvalue weighted by atomic mass is 9.91. The van der Waals surface area contributed by atoms with Crippen LogP contribution in [-0.4, -0.2) is 24.2 Å². The second-order valence-corrected chi connectivity index (χ2v) is 4.17. The van der Waals surface area contributed by atoms with Gasteiger partial charge in [0.2, 0.25) is 0 Å². The Morgan fingerprint density at radius 1 is 1.08 bits per heavy atom. The van der Waals surface area contributed by atoms with Crippen LogP contribution < -0.4 is 0 Å². The minimum Gasteiger partial charge on any atom is -0.762 e. The summed E-state index contributed by atoms with van der Waals surface area (Å²) in [5.74, 6) is -0.237. The van der Waals surface area contributed by atoms with Crippen LogP contribution in [0.25, 0.3) is 5.41 Å². The molecule has 0 heterocycles. The van der Waals surface area contributed by atoms with Gasteiger partial charge < -0.3 is 10.1 Å². The minimum atomic E-state index is -0.949. The first-order valence-corrected chi connectivity index (χ1v) is 6.58. The molecule has 1 aromatic rings. The quantitative estimate of drug-likeness (QED) is 0.203. The fourth-order valence-electron chi connectivity index (χ4n) is 1.83. The van der Waals surface area contributed by atoms with Crippen molar-refractivity contribution in [2.45, 2.75) is 6.92 Å². The van der Waals surface area contributed by atoms with Crippen LogP contribution in [0.2, 0.25) is 0 Å². The Labute approximate surface area is 137 Å². The van der Waals surface area contributed by atoms with Gasteiger partial charge in [-0.1, -0.05) is 18.2 Å². The third-order valence-corrected chi connectivity index (χ3v) is 2.84. The number of rotatable bonds is 5. The molecule has 1 rings (SSSR count).